The minimum Gasteiger partial charge on any atom is -0.382 e. The Balaban J connectivity index is 1.56. The summed E-state index contributed by atoms with van der Waals surface area (Å²) in [4.78, 5) is 20.0. The Morgan fingerprint density at radius 1 is 1.16 bits per heavy atom. The topological polar surface area (TPSA) is 74.4 Å². The largest absolute Gasteiger partial charge is 0.382 e. The fourth-order valence-electron chi connectivity index (χ4n) is 5.11. The first kappa shape index (κ1) is 19.9. The van der Waals surface area contributed by atoms with Gasteiger partial charge in [0, 0.05) is 44.9 Å². The summed E-state index contributed by atoms with van der Waals surface area (Å²) < 4.78 is 14.1. The zero-order valence-corrected chi connectivity index (χ0v) is 18.2. The molecule has 0 aromatic carbocycles. The number of fused-ring (bicyclic) bond motifs is 2. The molecule has 3 atom stereocenters. The molecule has 3 unspecified atom stereocenters. The highest BCUT2D eigenvalue weighted by Crippen LogP contribution is 2.47. The molecule has 0 bridgehead atoms. The number of anilines is 3. The van der Waals surface area contributed by atoms with E-state index in [1.54, 1.807) is 6.20 Å². The molecule has 31 heavy (non-hydrogen) atoms. The van der Waals surface area contributed by atoms with Crippen molar-refractivity contribution in [2.45, 2.75) is 19.5 Å². The quantitative estimate of drug-likeness (QED) is 0.814. The lowest BCUT2D eigenvalue weighted by atomic mass is 9.88. The van der Waals surface area contributed by atoms with Gasteiger partial charge in [-0.2, -0.15) is 0 Å². The third-order valence-electron chi connectivity index (χ3n) is 6.50. The van der Waals surface area contributed by atoms with E-state index in [4.69, 9.17) is 10.7 Å². The lowest BCUT2D eigenvalue weighted by molar-refractivity contribution is 0.404. The van der Waals surface area contributed by atoms with Gasteiger partial charge in [0.25, 0.3) is 0 Å². The number of aromatic nitrogens is 3. The molecule has 2 N–H and O–H groups in total. The minimum absolute atomic E-state index is 0.264. The maximum absolute atomic E-state index is 14.1. The van der Waals surface area contributed by atoms with Crippen molar-refractivity contribution < 1.29 is 4.39 Å². The minimum atomic E-state index is -0.358. The molecule has 3 aliphatic rings. The molecule has 2 aliphatic heterocycles. The summed E-state index contributed by atoms with van der Waals surface area (Å²) >= 11 is 0. The molecule has 5 rings (SSSR count). The summed E-state index contributed by atoms with van der Waals surface area (Å²) in [6, 6.07) is 1.53. The van der Waals surface area contributed by atoms with Gasteiger partial charge in [-0.05, 0) is 30.5 Å². The Bertz CT molecular complexity index is 1070. The van der Waals surface area contributed by atoms with E-state index >= 15 is 0 Å². The van der Waals surface area contributed by atoms with Crippen molar-refractivity contribution in [3.8, 4) is 0 Å². The van der Waals surface area contributed by atoms with Crippen LogP contribution in [0.2, 0.25) is 0 Å². The van der Waals surface area contributed by atoms with E-state index in [-0.39, 0.29) is 12.0 Å². The molecule has 0 amide bonds. The standard InChI is InChI=1S/C23H28FN7/c1-4-19-27-21(25)20-22(28-19)31(23(30(20)3)16-8-18(24)10-26-9-16)11-14-5-6-15-12-29(2)13-17(15)7-14/h5-10,15,17,23H,4,11-13H2,1-3H3,(H2,25,27,28). The highest BCUT2D eigenvalue weighted by molar-refractivity contribution is 5.83. The molecule has 0 spiro atoms. The van der Waals surface area contributed by atoms with Crippen LogP contribution in [0.5, 0.6) is 0 Å². The average molecular weight is 422 g/mol. The summed E-state index contributed by atoms with van der Waals surface area (Å²) in [6.07, 6.45) is 10.3. The van der Waals surface area contributed by atoms with Gasteiger partial charge >= 0.3 is 0 Å². The molecular weight excluding hydrogens is 393 g/mol. The van der Waals surface area contributed by atoms with E-state index < -0.39 is 0 Å². The first-order valence-electron chi connectivity index (χ1n) is 10.8. The SMILES string of the molecule is CCc1nc(N)c2c(n1)N(CC1=CC3CN(C)CC3C=C1)C(c1cncc(F)c1)N2C. The number of nitrogens with zero attached hydrogens (tertiary/aromatic N) is 6. The monoisotopic (exact) mass is 421 g/mol. The van der Waals surface area contributed by atoms with E-state index in [1.165, 1.54) is 17.8 Å². The summed E-state index contributed by atoms with van der Waals surface area (Å²) in [5.41, 5.74) is 9.13. The number of pyridine rings is 1. The highest BCUT2D eigenvalue weighted by Gasteiger charge is 2.39. The molecule has 2 aromatic rings. The molecule has 0 radical (unpaired) electrons. The highest BCUT2D eigenvalue weighted by atomic mass is 19.1. The van der Waals surface area contributed by atoms with Crippen LogP contribution >= 0.6 is 0 Å². The van der Waals surface area contributed by atoms with E-state index in [9.17, 15) is 4.39 Å². The molecule has 4 heterocycles. The molecule has 8 heteroatoms. The van der Waals surface area contributed by atoms with Crippen molar-refractivity contribution in [2.24, 2.45) is 11.8 Å². The number of rotatable bonds is 4. The Labute approximate surface area is 182 Å². The number of hydrogen-bond donors (Lipinski definition) is 1. The summed E-state index contributed by atoms with van der Waals surface area (Å²) in [5, 5.41) is 0. The van der Waals surface area contributed by atoms with Crippen molar-refractivity contribution in [1.82, 2.24) is 19.9 Å². The molecule has 1 fully saturated rings. The van der Waals surface area contributed by atoms with E-state index in [0.29, 0.717) is 36.4 Å². The van der Waals surface area contributed by atoms with Gasteiger partial charge in [0.1, 0.15) is 23.5 Å². The van der Waals surface area contributed by atoms with Crippen molar-refractivity contribution in [3.63, 3.8) is 0 Å². The fraction of sp³-hybridized carbons (Fsp3) is 0.435. The van der Waals surface area contributed by atoms with Gasteiger partial charge in [-0.15, -0.1) is 0 Å². The molecule has 2 aromatic heterocycles. The van der Waals surface area contributed by atoms with E-state index in [1.807, 2.05) is 18.9 Å². The lowest BCUT2D eigenvalue weighted by Gasteiger charge is -2.31. The molecule has 0 saturated carbocycles. The van der Waals surface area contributed by atoms with Crippen LogP contribution in [0, 0.1) is 17.7 Å². The third-order valence-corrected chi connectivity index (χ3v) is 6.50. The van der Waals surface area contributed by atoms with E-state index in [0.717, 1.165) is 30.2 Å². The zero-order chi connectivity index (χ0) is 21.7. The lowest BCUT2D eigenvalue weighted by Crippen LogP contribution is -2.35. The van der Waals surface area contributed by atoms with Crippen LogP contribution < -0.4 is 15.5 Å². The Morgan fingerprint density at radius 2 is 1.97 bits per heavy atom. The van der Waals surface area contributed by atoms with Gasteiger partial charge in [0.2, 0.25) is 0 Å². The number of nitrogen functional groups attached to an aromatic ring is 1. The first-order chi connectivity index (χ1) is 14.9. The second-order valence-corrected chi connectivity index (χ2v) is 8.75. The summed E-state index contributed by atoms with van der Waals surface area (Å²) in [6.45, 7) is 4.84. The van der Waals surface area contributed by atoms with E-state index in [2.05, 4.69) is 45.0 Å². The van der Waals surface area contributed by atoms with Gasteiger partial charge in [0.05, 0.1) is 6.20 Å². The molecular formula is C23H28FN7. The number of nitrogens with two attached hydrogens (primary N) is 1. The second kappa shape index (κ2) is 7.60. The van der Waals surface area contributed by atoms with Gasteiger partial charge in [0.15, 0.2) is 11.6 Å². The molecule has 1 aliphatic carbocycles. The van der Waals surface area contributed by atoms with Crippen LogP contribution in [0.1, 0.15) is 24.5 Å². The maximum atomic E-state index is 14.1. The fourth-order valence-corrected chi connectivity index (χ4v) is 5.11. The Morgan fingerprint density at radius 3 is 2.74 bits per heavy atom. The van der Waals surface area contributed by atoms with Crippen molar-refractivity contribution >= 4 is 17.3 Å². The predicted octanol–water partition coefficient (Wildman–Crippen LogP) is 2.78. The van der Waals surface area contributed by atoms with Crippen LogP contribution in [0.15, 0.2) is 42.3 Å². The first-order valence-corrected chi connectivity index (χ1v) is 10.8. The number of hydrogen-bond acceptors (Lipinski definition) is 7. The normalized spacial score (nSPS) is 25.0. The maximum Gasteiger partial charge on any atom is 0.160 e. The van der Waals surface area contributed by atoms with Crippen LogP contribution in [0.4, 0.5) is 21.7 Å². The smallest absolute Gasteiger partial charge is 0.160 e. The van der Waals surface area contributed by atoms with Crippen LogP contribution in [-0.2, 0) is 6.42 Å². The molecule has 162 valence electrons. The van der Waals surface area contributed by atoms with Gasteiger partial charge in [-0.1, -0.05) is 25.2 Å². The van der Waals surface area contributed by atoms with Gasteiger partial charge < -0.3 is 20.4 Å². The predicted molar refractivity (Wildman–Crippen MR) is 120 cm³/mol. The number of likely N-dealkylation sites (tertiary alicyclic amines) is 1. The number of aryl methyl sites for hydroxylation is 1. The van der Waals surface area contributed by atoms with Crippen molar-refractivity contribution in [1.29, 1.82) is 0 Å². The van der Waals surface area contributed by atoms with Crippen molar-refractivity contribution in [3.05, 3.63) is 59.5 Å². The zero-order valence-electron chi connectivity index (χ0n) is 18.2. The average Bonchev–Trinajstić information content (AvgIpc) is 3.24. The molecule has 7 nitrogen and oxygen atoms in total. The van der Waals surface area contributed by atoms with Gasteiger partial charge in [-0.25, -0.2) is 14.4 Å². The number of halogens is 1. The Kier molecular flexibility index (Phi) is 4.89. The Hall–Kier alpha value is -3.00. The van der Waals surface area contributed by atoms with Crippen LogP contribution in [-0.4, -0.2) is 53.6 Å². The van der Waals surface area contributed by atoms with Crippen LogP contribution in [0.3, 0.4) is 0 Å². The van der Waals surface area contributed by atoms with Gasteiger partial charge in [-0.3, -0.25) is 4.98 Å². The summed E-state index contributed by atoms with van der Waals surface area (Å²) in [7, 11) is 4.12. The van der Waals surface area contributed by atoms with Crippen LogP contribution in [0.25, 0.3) is 0 Å². The van der Waals surface area contributed by atoms with Crippen molar-refractivity contribution in [2.75, 3.05) is 49.3 Å². The summed E-state index contributed by atoms with van der Waals surface area (Å²) in [5.74, 6) is 2.70. The third kappa shape index (κ3) is 3.44. The second-order valence-electron chi connectivity index (χ2n) is 8.75. The molecule has 1 saturated heterocycles.